The van der Waals surface area contributed by atoms with Crippen LogP contribution in [0.2, 0.25) is 0 Å². The Morgan fingerprint density at radius 3 is 2.65 bits per heavy atom. The molecule has 100 valence electrons. The second-order valence-electron chi connectivity index (χ2n) is 4.79. The van der Waals surface area contributed by atoms with Crippen molar-refractivity contribution in [2.24, 2.45) is 5.73 Å². The summed E-state index contributed by atoms with van der Waals surface area (Å²) in [5.41, 5.74) is 9.43. The first kappa shape index (κ1) is 12.8. The fourth-order valence-corrected chi connectivity index (χ4v) is 2.36. The molecule has 0 aliphatic heterocycles. The third-order valence-corrected chi connectivity index (χ3v) is 3.42. The summed E-state index contributed by atoms with van der Waals surface area (Å²) in [6.45, 7) is 0.406. The van der Waals surface area contributed by atoms with E-state index >= 15 is 0 Å². The van der Waals surface area contributed by atoms with Crippen molar-refractivity contribution in [3.63, 3.8) is 0 Å². The largest absolute Gasteiger partial charge is 0.326 e. The van der Waals surface area contributed by atoms with E-state index in [2.05, 4.69) is 4.98 Å². The number of fused-ring (bicyclic) bond motifs is 1. The number of aromatic nitrogens is 1. The van der Waals surface area contributed by atoms with Crippen LogP contribution in [0.25, 0.3) is 10.9 Å². The molecule has 1 aromatic heterocycles. The van der Waals surface area contributed by atoms with Crippen LogP contribution in [0, 0.1) is 5.82 Å². The van der Waals surface area contributed by atoms with Crippen LogP contribution >= 0.6 is 0 Å². The monoisotopic (exact) mass is 266 g/mol. The first-order valence-electron chi connectivity index (χ1n) is 6.58. The smallest absolute Gasteiger partial charge is 0.123 e. The van der Waals surface area contributed by atoms with Gasteiger partial charge in [0.1, 0.15) is 5.82 Å². The number of nitrogens with zero attached hydrogens (tertiary/aromatic N) is 1. The van der Waals surface area contributed by atoms with Gasteiger partial charge in [0, 0.05) is 24.0 Å². The van der Waals surface area contributed by atoms with E-state index in [9.17, 15) is 4.39 Å². The number of benzene rings is 2. The van der Waals surface area contributed by atoms with Gasteiger partial charge in [-0.15, -0.1) is 0 Å². The van der Waals surface area contributed by atoms with Gasteiger partial charge in [-0.25, -0.2) is 4.39 Å². The maximum absolute atomic E-state index is 13.4. The van der Waals surface area contributed by atoms with Crippen molar-refractivity contribution < 1.29 is 4.39 Å². The highest BCUT2D eigenvalue weighted by Gasteiger charge is 2.06. The zero-order valence-corrected chi connectivity index (χ0v) is 11.0. The van der Waals surface area contributed by atoms with E-state index in [1.54, 1.807) is 12.1 Å². The summed E-state index contributed by atoms with van der Waals surface area (Å²) < 4.78 is 13.4. The molecule has 0 amide bonds. The van der Waals surface area contributed by atoms with Gasteiger partial charge >= 0.3 is 0 Å². The Morgan fingerprint density at radius 1 is 0.950 bits per heavy atom. The minimum atomic E-state index is -0.238. The van der Waals surface area contributed by atoms with Crippen LogP contribution in [-0.2, 0) is 13.0 Å². The molecule has 0 saturated carbocycles. The molecule has 2 nitrogen and oxygen atoms in total. The summed E-state index contributed by atoms with van der Waals surface area (Å²) in [5, 5.41) is 1.11. The third-order valence-electron chi connectivity index (χ3n) is 3.42. The van der Waals surface area contributed by atoms with E-state index in [4.69, 9.17) is 5.73 Å². The Bertz CT molecular complexity index is 753. The quantitative estimate of drug-likeness (QED) is 0.789. The van der Waals surface area contributed by atoms with Gasteiger partial charge in [-0.1, -0.05) is 30.3 Å². The van der Waals surface area contributed by atoms with Crippen molar-refractivity contribution in [2.45, 2.75) is 13.0 Å². The van der Waals surface area contributed by atoms with E-state index < -0.39 is 0 Å². The average Bonchev–Trinajstić information content (AvgIpc) is 2.47. The summed E-state index contributed by atoms with van der Waals surface area (Å²) in [6, 6.07) is 16.7. The normalized spacial score (nSPS) is 10.9. The Balaban J connectivity index is 1.98. The Morgan fingerprint density at radius 2 is 1.80 bits per heavy atom. The van der Waals surface area contributed by atoms with E-state index in [-0.39, 0.29) is 5.82 Å². The molecule has 0 saturated heterocycles. The molecule has 0 atom stereocenters. The second-order valence-corrected chi connectivity index (χ2v) is 4.79. The molecule has 0 spiro atoms. The summed E-state index contributed by atoms with van der Waals surface area (Å²) in [7, 11) is 0. The maximum atomic E-state index is 13.4. The third kappa shape index (κ3) is 2.53. The summed E-state index contributed by atoms with van der Waals surface area (Å²) in [4.78, 5) is 4.61. The number of pyridine rings is 1. The Hall–Kier alpha value is -2.26. The first-order valence-corrected chi connectivity index (χ1v) is 6.58. The predicted molar refractivity (Wildman–Crippen MR) is 78.8 cm³/mol. The van der Waals surface area contributed by atoms with Crippen LogP contribution in [-0.4, -0.2) is 4.98 Å². The van der Waals surface area contributed by atoms with E-state index in [0.29, 0.717) is 13.0 Å². The van der Waals surface area contributed by atoms with Crippen molar-refractivity contribution in [1.82, 2.24) is 4.98 Å². The van der Waals surface area contributed by atoms with Crippen molar-refractivity contribution in [1.29, 1.82) is 0 Å². The van der Waals surface area contributed by atoms with Crippen LogP contribution in [0.1, 0.15) is 16.8 Å². The molecule has 2 aromatic carbocycles. The summed E-state index contributed by atoms with van der Waals surface area (Å²) >= 11 is 0. The SMILES string of the molecule is NCc1ccc(F)cc1Cc1ccc2ccccc2n1. The van der Waals surface area contributed by atoms with E-state index in [0.717, 1.165) is 27.7 Å². The van der Waals surface area contributed by atoms with Gasteiger partial charge < -0.3 is 5.73 Å². The molecule has 3 heteroatoms. The molecule has 0 fully saturated rings. The highest BCUT2D eigenvalue weighted by molar-refractivity contribution is 5.78. The van der Waals surface area contributed by atoms with Gasteiger partial charge in [0.2, 0.25) is 0 Å². The Kier molecular flexibility index (Phi) is 3.44. The minimum Gasteiger partial charge on any atom is -0.326 e. The lowest BCUT2D eigenvalue weighted by Gasteiger charge is -2.08. The summed E-state index contributed by atoms with van der Waals surface area (Å²) in [5.74, 6) is -0.238. The number of rotatable bonds is 3. The number of nitrogens with two attached hydrogens (primary N) is 1. The summed E-state index contributed by atoms with van der Waals surface area (Å²) in [6.07, 6.45) is 0.592. The molecule has 0 bridgehead atoms. The highest BCUT2D eigenvalue weighted by Crippen LogP contribution is 2.17. The standard InChI is InChI=1S/C17H15FN2/c18-15-7-5-13(11-19)14(9-15)10-16-8-6-12-3-1-2-4-17(12)20-16/h1-9H,10-11,19H2. The van der Waals surface area contributed by atoms with Crippen LogP contribution in [0.5, 0.6) is 0 Å². The van der Waals surface area contributed by atoms with Crippen LogP contribution in [0.3, 0.4) is 0 Å². The van der Waals surface area contributed by atoms with Gasteiger partial charge in [-0.05, 0) is 35.4 Å². The molecule has 3 rings (SSSR count). The average molecular weight is 266 g/mol. The lowest BCUT2D eigenvalue weighted by molar-refractivity contribution is 0.624. The lowest BCUT2D eigenvalue weighted by Crippen LogP contribution is -2.03. The maximum Gasteiger partial charge on any atom is 0.123 e. The Labute approximate surface area is 117 Å². The van der Waals surface area contributed by atoms with E-state index in [1.165, 1.54) is 6.07 Å². The van der Waals surface area contributed by atoms with Crippen LogP contribution < -0.4 is 5.73 Å². The van der Waals surface area contributed by atoms with Gasteiger partial charge in [0.25, 0.3) is 0 Å². The molecule has 20 heavy (non-hydrogen) atoms. The molecule has 2 N–H and O–H groups in total. The predicted octanol–water partition coefficient (Wildman–Crippen LogP) is 3.42. The lowest BCUT2D eigenvalue weighted by atomic mass is 10.0. The molecule has 0 radical (unpaired) electrons. The minimum absolute atomic E-state index is 0.238. The van der Waals surface area contributed by atoms with Crippen molar-refractivity contribution in [2.75, 3.05) is 0 Å². The molecule has 0 unspecified atom stereocenters. The zero-order valence-electron chi connectivity index (χ0n) is 11.0. The number of para-hydroxylation sites is 1. The van der Waals surface area contributed by atoms with Crippen LogP contribution in [0.15, 0.2) is 54.6 Å². The van der Waals surface area contributed by atoms with Gasteiger partial charge in [-0.3, -0.25) is 4.98 Å². The van der Waals surface area contributed by atoms with Crippen molar-refractivity contribution >= 4 is 10.9 Å². The topological polar surface area (TPSA) is 38.9 Å². The molecular formula is C17H15FN2. The number of halogens is 1. The fraction of sp³-hybridized carbons (Fsp3) is 0.118. The fourth-order valence-electron chi connectivity index (χ4n) is 2.36. The molecule has 0 aliphatic rings. The van der Waals surface area contributed by atoms with E-state index in [1.807, 2.05) is 36.4 Å². The highest BCUT2D eigenvalue weighted by atomic mass is 19.1. The first-order chi connectivity index (χ1) is 9.76. The molecule has 1 heterocycles. The van der Waals surface area contributed by atoms with Gasteiger partial charge in [0.05, 0.1) is 5.52 Å². The number of hydrogen-bond acceptors (Lipinski definition) is 2. The van der Waals surface area contributed by atoms with Gasteiger partial charge in [-0.2, -0.15) is 0 Å². The van der Waals surface area contributed by atoms with Gasteiger partial charge in [0.15, 0.2) is 0 Å². The van der Waals surface area contributed by atoms with Crippen molar-refractivity contribution in [3.8, 4) is 0 Å². The second kappa shape index (κ2) is 5.39. The number of hydrogen-bond donors (Lipinski definition) is 1. The van der Waals surface area contributed by atoms with Crippen molar-refractivity contribution in [3.05, 3.63) is 77.2 Å². The molecule has 3 aromatic rings. The molecular weight excluding hydrogens is 251 g/mol. The van der Waals surface area contributed by atoms with Crippen LogP contribution in [0.4, 0.5) is 4.39 Å². The molecule has 0 aliphatic carbocycles. The zero-order chi connectivity index (χ0) is 13.9.